The third kappa shape index (κ3) is 2.91. The maximum absolute atomic E-state index is 14.1. The first-order valence-electron chi connectivity index (χ1n) is 6.35. The highest BCUT2D eigenvalue weighted by Gasteiger charge is 2.10. The van der Waals surface area contributed by atoms with Gasteiger partial charge in [0, 0.05) is 23.7 Å². The molecule has 3 nitrogen and oxygen atoms in total. The van der Waals surface area contributed by atoms with Crippen molar-refractivity contribution in [3.05, 3.63) is 47.8 Å². The molecule has 2 rings (SSSR count). The van der Waals surface area contributed by atoms with Gasteiger partial charge in [-0.25, -0.2) is 4.39 Å². The van der Waals surface area contributed by atoms with Gasteiger partial charge in [0.15, 0.2) is 0 Å². The van der Waals surface area contributed by atoms with Crippen LogP contribution in [0.3, 0.4) is 0 Å². The van der Waals surface area contributed by atoms with Crippen molar-refractivity contribution < 1.29 is 13.9 Å². The second kappa shape index (κ2) is 6.39. The lowest BCUT2D eigenvalue weighted by atomic mass is 10.0. The van der Waals surface area contributed by atoms with Gasteiger partial charge in [0.1, 0.15) is 17.3 Å². The van der Waals surface area contributed by atoms with Crippen LogP contribution in [0.15, 0.2) is 36.4 Å². The molecule has 0 radical (unpaired) electrons. The zero-order valence-corrected chi connectivity index (χ0v) is 11.9. The Labute approximate surface area is 118 Å². The van der Waals surface area contributed by atoms with Crippen LogP contribution in [-0.2, 0) is 6.54 Å². The lowest BCUT2D eigenvalue weighted by molar-refractivity contribution is 0.408. The van der Waals surface area contributed by atoms with Crippen molar-refractivity contribution in [1.29, 1.82) is 0 Å². The molecule has 1 N–H and O–H groups in total. The van der Waals surface area contributed by atoms with Crippen LogP contribution < -0.4 is 14.8 Å². The SMILES string of the molecule is CNCc1cc(-c2ccc(OC)cc2F)ccc1OC. The van der Waals surface area contributed by atoms with Crippen LogP contribution in [0.2, 0.25) is 0 Å². The topological polar surface area (TPSA) is 30.5 Å². The zero-order valence-electron chi connectivity index (χ0n) is 11.9. The quantitative estimate of drug-likeness (QED) is 0.908. The van der Waals surface area contributed by atoms with Crippen LogP contribution in [0.25, 0.3) is 11.1 Å². The fraction of sp³-hybridized carbons (Fsp3) is 0.250. The minimum absolute atomic E-state index is 0.301. The van der Waals surface area contributed by atoms with Crippen molar-refractivity contribution in [2.24, 2.45) is 0 Å². The largest absolute Gasteiger partial charge is 0.497 e. The Morgan fingerprint density at radius 2 is 1.85 bits per heavy atom. The number of halogens is 1. The fourth-order valence-corrected chi connectivity index (χ4v) is 2.13. The Kier molecular flexibility index (Phi) is 4.58. The van der Waals surface area contributed by atoms with E-state index in [1.165, 1.54) is 13.2 Å². The van der Waals surface area contributed by atoms with Crippen molar-refractivity contribution >= 4 is 0 Å². The van der Waals surface area contributed by atoms with Crippen LogP contribution in [0, 0.1) is 5.82 Å². The first-order chi connectivity index (χ1) is 9.69. The molecule has 2 aromatic rings. The van der Waals surface area contributed by atoms with Gasteiger partial charge >= 0.3 is 0 Å². The minimum atomic E-state index is -0.301. The van der Waals surface area contributed by atoms with Crippen LogP contribution in [-0.4, -0.2) is 21.3 Å². The van der Waals surface area contributed by atoms with Gasteiger partial charge in [0.25, 0.3) is 0 Å². The summed E-state index contributed by atoms with van der Waals surface area (Å²) in [6.07, 6.45) is 0. The predicted octanol–water partition coefficient (Wildman–Crippen LogP) is 3.23. The van der Waals surface area contributed by atoms with Gasteiger partial charge in [-0.1, -0.05) is 6.07 Å². The van der Waals surface area contributed by atoms with Crippen molar-refractivity contribution in [3.8, 4) is 22.6 Å². The van der Waals surface area contributed by atoms with E-state index in [0.29, 0.717) is 17.9 Å². The summed E-state index contributed by atoms with van der Waals surface area (Å²) < 4.78 is 24.4. The van der Waals surface area contributed by atoms with Crippen molar-refractivity contribution in [2.45, 2.75) is 6.54 Å². The molecule has 0 spiro atoms. The summed E-state index contributed by atoms with van der Waals surface area (Å²) in [5, 5.41) is 3.08. The first kappa shape index (κ1) is 14.3. The van der Waals surface area contributed by atoms with Crippen LogP contribution in [0.4, 0.5) is 4.39 Å². The number of hydrogen-bond acceptors (Lipinski definition) is 3. The number of methoxy groups -OCH3 is 2. The second-order valence-electron chi connectivity index (χ2n) is 4.40. The molecule has 4 heteroatoms. The maximum atomic E-state index is 14.1. The highest BCUT2D eigenvalue weighted by atomic mass is 19.1. The number of hydrogen-bond donors (Lipinski definition) is 1. The smallest absolute Gasteiger partial charge is 0.134 e. The van der Waals surface area contributed by atoms with Crippen molar-refractivity contribution in [2.75, 3.05) is 21.3 Å². The van der Waals surface area contributed by atoms with Gasteiger partial charge < -0.3 is 14.8 Å². The Morgan fingerprint density at radius 3 is 2.45 bits per heavy atom. The molecule has 0 aliphatic carbocycles. The van der Waals surface area contributed by atoms with E-state index in [2.05, 4.69) is 5.32 Å². The van der Waals surface area contributed by atoms with Gasteiger partial charge in [-0.3, -0.25) is 0 Å². The molecule has 0 bridgehead atoms. The summed E-state index contributed by atoms with van der Waals surface area (Å²) in [6, 6.07) is 10.5. The number of nitrogens with one attached hydrogen (secondary N) is 1. The second-order valence-corrected chi connectivity index (χ2v) is 4.40. The van der Waals surface area contributed by atoms with E-state index in [1.807, 2.05) is 25.2 Å². The fourth-order valence-electron chi connectivity index (χ4n) is 2.13. The lowest BCUT2D eigenvalue weighted by Crippen LogP contribution is -2.06. The monoisotopic (exact) mass is 275 g/mol. The van der Waals surface area contributed by atoms with E-state index in [-0.39, 0.29) is 5.82 Å². The van der Waals surface area contributed by atoms with Crippen molar-refractivity contribution in [1.82, 2.24) is 5.32 Å². The van der Waals surface area contributed by atoms with Crippen molar-refractivity contribution in [3.63, 3.8) is 0 Å². The molecule has 0 saturated heterocycles. The molecule has 0 atom stereocenters. The summed E-state index contributed by atoms with van der Waals surface area (Å²) in [6.45, 7) is 0.661. The normalized spacial score (nSPS) is 10.4. The van der Waals surface area contributed by atoms with Gasteiger partial charge in [-0.05, 0) is 36.9 Å². The molecular weight excluding hydrogens is 257 g/mol. The molecule has 0 aliphatic heterocycles. The Bertz CT molecular complexity index is 599. The molecule has 2 aromatic carbocycles. The Morgan fingerprint density at radius 1 is 1.05 bits per heavy atom. The molecule has 0 heterocycles. The molecule has 20 heavy (non-hydrogen) atoms. The molecule has 0 fully saturated rings. The minimum Gasteiger partial charge on any atom is -0.497 e. The first-order valence-corrected chi connectivity index (χ1v) is 6.35. The van der Waals surface area contributed by atoms with E-state index in [4.69, 9.17) is 9.47 Å². The van der Waals surface area contributed by atoms with E-state index in [9.17, 15) is 4.39 Å². The van der Waals surface area contributed by atoms with Gasteiger partial charge in [-0.15, -0.1) is 0 Å². The summed E-state index contributed by atoms with van der Waals surface area (Å²) in [7, 11) is 5.01. The predicted molar refractivity (Wildman–Crippen MR) is 77.7 cm³/mol. The number of rotatable bonds is 5. The Balaban J connectivity index is 2.44. The highest BCUT2D eigenvalue weighted by Crippen LogP contribution is 2.30. The van der Waals surface area contributed by atoms with E-state index in [1.54, 1.807) is 19.2 Å². The summed E-state index contributed by atoms with van der Waals surface area (Å²) >= 11 is 0. The van der Waals surface area contributed by atoms with Crippen LogP contribution in [0.5, 0.6) is 11.5 Å². The van der Waals surface area contributed by atoms with Gasteiger partial charge in [-0.2, -0.15) is 0 Å². The summed E-state index contributed by atoms with van der Waals surface area (Å²) in [5.74, 6) is 0.997. The lowest BCUT2D eigenvalue weighted by Gasteiger charge is -2.11. The van der Waals surface area contributed by atoms with E-state index in [0.717, 1.165) is 16.9 Å². The van der Waals surface area contributed by atoms with Gasteiger partial charge in [0.2, 0.25) is 0 Å². The molecule has 0 saturated carbocycles. The zero-order chi connectivity index (χ0) is 14.5. The summed E-state index contributed by atoms with van der Waals surface area (Å²) in [5.41, 5.74) is 2.35. The standard InChI is InChI=1S/C16H18FNO2/c1-18-10-12-8-11(4-7-16(12)20-3)14-6-5-13(19-2)9-15(14)17/h4-9,18H,10H2,1-3H3. The van der Waals surface area contributed by atoms with Crippen LogP contribution in [0.1, 0.15) is 5.56 Å². The highest BCUT2D eigenvalue weighted by molar-refractivity contribution is 5.67. The molecule has 106 valence electrons. The molecule has 0 unspecified atom stereocenters. The van der Waals surface area contributed by atoms with Gasteiger partial charge in [0.05, 0.1) is 14.2 Å². The summed E-state index contributed by atoms with van der Waals surface area (Å²) in [4.78, 5) is 0. The van der Waals surface area contributed by atoms with E-state index >= 15 is 0 Å². The third-order valence-corrected chi connectivity index (χ3v) is 3.13. The number of benzene rings is 2. The molecule has 0 aromatic heterocycles. The molecule has 0 aliphatic rings. The third-order valence-electron chi connectivity index (χ3n) is 3.13. The average Bonchev–Trinajstić information content (AvgIpc) is 2.47. The number of ether oxygens (including phenoxy) is 2. The van der Waals surface area contributed by atoms with Crippen LogP contribution >= 0.6 is 0 Å². The maximum Gasteiger partial charge on any atom is 0.134 e. The Hall–Kier alpha value is -2.07. The molecule has 0 amide bonds. The average molecular weight is 275 g/mol. The molecular formula is C16H18FNO2. The van der Waals surface area contributed by atoms with E-state index < -0.39 is 0 Å².